The first-order valence-corrected chi connectivity index (χ1v) is 7.11. The molecule has 1 unspecified atom stereocenters. The van der Waals surface area contributed by atoms with Crippen LogP contribution in [0.5, 0.6) is 0 Å². The Bertz CT molecular complexity index is 660. The predicted molar refractivity (Wildman–Crippen MR) is 86.8 cm³/mol. The van der Waals surface area contributed by atoms with Crippen LogP contribution >= 0.6 is 0 Å². The van der Waals surface area contributed by atoms with E-state index >= 15 is 0 Å². The van der Waals surface area contributed by atoms with Gasteiger partial charge in [-0.1, -0.05) is 60.7 Å². The van der Waals surface area contributed by atoms with Crippen LogP contribution in [-0.4, -0.2) is 5.91 Å². The molecule has 1 atom stereocenters. The van der Waals surface area contributed by atoms with E-state index < -0.39 is 0 Å². The minimum atomic E-state index is -0.315. The number of amides is 1. The summed E-state index contributed by atoms with van der Waals surface area (Å²) in [6.45, 7) is 1.88. The normalized spacial score (nSPS) is 12.6. The van der Waals surface area contributed by atoms with Gasteiger partial charge in [-0.25, -0.2) is 4.39 Å². The molecule has 0 bridgehead atoms. The third kappa shape index (κ3) is 4.42. The molecule has 2 aromatic rings. The number of rotatable bonds is 5. The van der Waals surface area contributed by atoms with E-state index in [9.17, 15) is 9.18 Å². The summed E-state index contributed by atoms with van der Waals surface area (Å²) in [6.07, 6.45) is 6.79. The highest BCUT2D eigenvalue weighted by Gasteiger charge is 2.15. The van der Waals surface area contributed by atoms with Gasteiger partial charge in [0.05, 0.1) is 6.04 Å². The van der Waals surface area contributed by atoms with Crippen molar-refractivity contribution in [1.29, 1.82) is 0 Å². The molecule has 0 aromatic heterocycles. The lowest BCUT2D eigenvalue weighted by molar-refractivity contribution is -0.117. The molecule has 2 aromatic carbocycles. The summed E-state index contributed by atoms with van der Waals surface area (Å²) in [5, 5.41) is 2.95. The van der Waals surface area contributed by atoms with Crippen LogP contribution in [-0.2, 0) is 4.79 Å². The lowest BCUT2D eigenvalue weighted by Crippen LogP contribution is -2.27. The number of hydrogen-bond donors (Lipinski definition) is 1. The highest BCUT2D eigenvalue weighted by Crippen LogP contribution is 2.22. The fraction of sp³-hybridized carbons (Fsp3) is 0.105. The van der Waals surface area contributed by atoms with E-state index in [1.165, 1.54) is 18.2 Å². The van der Waals surface area contributed by atoms with Crippen molar-refractivity contribution >= 4 is 5.91 Å². The van der Waals surface area contributed by atoms with Crippen molar-refractivity contribution in [3.05, 3.63) is 95.8 Å². The number of nitrogens with one attached hydrogen (secondary N) is 1. The molecule has 0 aliphatic carbocycles. The standard InChI is InChI=1S/C19H18FNO/c1-2-3-5-10-18(22)21-19(15-8-6-4-7-9-15)16-11-13-17(20)14-12-16/h2-14,19H,1H3,(H,21,22)/b3-2+,10-5+. The van der Waals surface area contributed by atoms with Crippen molar-refractivity contribution in [2.75, 3.05) is 0 Å². The first kappa shape index (κ1) is 15.7. The lowest BCUT2D eigenvalue weighted by atomic mass is 9.98. The Balaban J connectivity index is 2.26. The van der Waals surface area contributed by atoms with Gasteiger partial charge >= 0.3 is 0 Å². The Kier molecular flexibility index (Phi) is 5.66. The zero-order valence-corrected chi connectivity index (χ0v) is 12.4. The van der Waals surface area contributed by atoms with Gasteiger partial charge in [0, 0.05) is 6.08 Å². The third-order valence-corrected chi connectivity index (χ3v) is 3.17. The largest absolute Gasteiger partial charge is 0.342 e. The van der Waals surface area contributed by atoms with Crippen molar-refractivity contribution in [1.82, 2.24) is 5.32 Å². The maximum Gasteiger partial charge on any atom is 0.244 e. The van der Waals surface area contributed by atoms with E-state index in [1.807, 2.05) is 43.3 Å². The number of halogens is 1. The first-order chi connectivity index (χ1) is 10.7. The monoisotopic (exact) mass is 295 g/mol. The molecule has 3 heteroatoms. The molecule has 2 rings (SSSR count). The van der Waals surface area contributed by atoms with Crippen LogP contribution in [0.25, 0.3) is 0 Å². The molecule has 1 N–H and O–H groups in total. The highest BCUT2D eigenvalue weighted by atomic mass is 19.1. The Morgan fingerprint density at radius 1 is 1.00 bits per heavy atom. The summed E-state index contributed by atoms with van der Waals surface area (Å²) in [7, 11) is 0. The van der Waals surface area contributed by atoms with Crippen LogP contribution in [0.3, 0.4) is 0 Å². The van der Waals surface area contributed by atoms with Crippen LogP contribution in [0.4, 0.5) is 4.39 Å². The second-order valence-corrected chi connectivity index (χ2v) is 4.79. The summed E-state index contributed by atoms with van der Waals surface area (Å²) in [5.74, 6) is -0.494. The Labute approximate surface area is 130 Å². The maximum absolute atomic E-state index is 13.1. The van der Waals surface area contributed by atoms with Crippen molar-refractivity contribution in [3.8, 4) is 0 Å². The van der Waals surface area contributed by atoms with E-state index in [0.29, 0.717) is 0 Å². The van der Waals surface area contributed by atoms with Crippen molar-refractivity contribution in [2.45, 2.75) is 13.0 Å². The number of hydrogen-bond acceptors (Lipinski definition) is 1. The van der Waals surface area contributed by atoms with Gasteiger partial charge in [0.25, 0.3) is 0 Å². The predicted octanol–water partition coefficient (Wildman–Crippen LogP) is 4.16. The topological polar surface area (TPSA) is 29.1 Å². The molecule has 22 heavy (non-hydrogen) atoms. The van der Waals surface area contributed by atoms with Crippen LogP contribution < -0.4 is 5.32 Å². The number of carbonyl (C=O) groups is 1. The van der Waals surface area contributed by atoms with Gasteiger partial charge < -0.3 is 5.32 Å². The lowest BCUT2D eigenvalue weighted by Gasteiger charge is -2.19. The Morgan fingerprint density at radius 2 is 1.64 bits per heavy atom. The SMILES string of the molecule is C/C=C/C=C/C(=O)NC(c1ccccc1)c1ccc(F)cc1. The molecule has 0 saturated heterocycles. The first-order valence-electron chi connectivity index (χ1n) is 7.11. The molecular weight excluding hydrogens is 277 g/mol. The van der Waals surface area contributed by atoms with Crippen molar-refractivity contribution in [3.63, 3.8) is 0 Å². The molecule has 0 fully saturated rings. The molecule has 0 aliphatic heterocycles. The minimum Gasteiger partial charge on any atom is -0.342 e. The third-order valence-electron chi connectivity index (χ3n) is 3.17. The van der Waals surface area contributed by atoms with E-state index in [1.54, 1.807) is 24.3 Å². The number of carbonyl (C=O) groups excluding carboxylic acids is 1. The van der Waals surface area contributed by atoms with Crippen molar-refractivity contribution < 1.29 is 9.18 Å². The number of benzene rings is 2. The van der Waals surface area contributed by atoms with Gasteiger partial charge in [-0.2, -0.15) is 0 Å². The summed E-state index contributed by atoms with van der Waals surface area (Å²) in [6, 6.07) is 15.4. The van der Waals surface area contributed by atoms with Gasteiger partial charge in [0.2, 0.25) is 5.91 Å². The molecule has 0 radical (unpaired) electrons. The molecule has 0 saturated carbocycles. The average molecular weight is 295 g/mol. The molecular formula is C19H18FNO. The van der Waals surface area contributed by atoms with Crippen LogP contribution in [0, 0.1) is 5.82 Å². The van der Waals surface area contributed by atoms with E-state index in [4.69, 9.17) is 0 Å². The molecule has 0 heterocycles. The smallest absolute Gasteiger partial charge is 0.244 e. The van der Waals surface area contributed by atoms with Gasteiger partial charge in [-0.15, -0.1) is 0 Å². The van der Waals surface area contributed by atoms with Gasteiger partial charge in [0.15, 0.2) is 0 Å². The second-order valence-electron chi connectivity index (χ2n) is 4.79. The average Bonchev–Trinajstić information content (AvgIpc) is 2.55. The van der Waals surface area contributed by atoms with E-state index in [-0.39, 0.29) is 17.8 Å². The number of allylic oxidation sites excluding steroid dienone is 3. The van der Waals surface area contributed by atoms with E-state index in [2.05, 4.69) is 5.32 Å². The van der Waals surface area contributed by atoms with Gasteiger partial charge in [-0.3, -0.25) is 4.79 Å². The van der Waals surface area contributed by atoms with Crippen molar-refractivity contribution in [2.24, 2.45) is 0 Å². The molecule has 2 nitrogen and oxygen atoms in total. The van der Waals surface area contributed by atoms with Crippen LogP contribution in [0.1, 0.15) is 24.1 Å². The van der Waals surface area contributed by atoms with Crippen LogP contribution in [0.2, 0.25) is 0 Å². The Hall–Kier alpha value is -2.68. The minimum absolute atomic E-state index is 0.198. The molecule has 1 amide bonds. The molecule has 0 spiro atoms. The highest BCUT2D eigenvalue weighted by molar-refractivity contribution is 5.88. The van der Waals surface area contributed by atoms with Gasteiger partial charge in [-0.05, 0) is 30.2 Å². The fourth-order valence-corrected chi connectivity index (χ4v) is 2.10. The van der Waals surface area contributed by atoms with Crippen LogP contribution in [0.15, 0.2) is 78.9 Å². The molecule has 0 aliphatic rings. The Morgan fingerprint density at radius 3 is 2.27 bits per heavy atom. The summed E-state index contributed by atoms with van der Waals surface area (Å²) < 4.78 is 13.1. The maximum atomic E-state index is 13.1. The zero-order valence-electron chi connectivity index (χ0n) is 12.4. The summed E-state index contributed by atoms with van der Waals surface area (Å²) in [4.78, 5) is 12.0. The summed E-state index contributed by atoms with van der Waals surface area (Å²) >= 11 is 0. The summed E-state index contributed by atoms with van der Waals surface area (Å²) in [5.41, 5.74) is 1.78. The second kappa shape index (κ2) is 7.93. The van der Waals surface area contributed by atoms with E-state index in [0.717, 1.165) is 11.1 Å². The fourth-order valence-electron chi connectivity index (χ4n) is 2.10. The van der Waals surface area contributed by atoms with Gasteiger partial charge in [0.1, 0.15) is 5.82 Å². The zero-order chi connectivity index (χ0) is 15.8. The quantitative estimate of drug-likeness (QED) is 0.651. The molecule has 112 valence electrons.